The van der Waals surface area contributed by atoms with Crippen LogP contribution in [0.3, 0.4) is 0 Å². The number of hydrogen-bond acceptors (Lipinski definition) is 3. The molecule has 0 saturated carbocycles. The van der Waals surface area contributed by atoms with Gasteiger partial charge in [-0.3, -0.25) is 4.90 Å². The van der Waals surface area contributed by atoms with Gasteiger partial charge in [-0.05, 0) is 42.0 Å². The lowest BCUT2D eigenvalue weighted by Crippen LogP contribution is -2.42. The van der Waals surface area contributed by atoms with Gasteiger partial charge in [-0.25, -0.2) is 4.98 Å². The van der Waals surface area contributed by atoms with E-state index < -0.39 is 0 Å². The summed E-state index contributed by atoms with van der Waals surface area (Å²) in [6, 6.07) is 14.5. The Morgan fingerprint density at radius 1 is 1.04 bits per heavy atom. The van der Waals surface area contributed by atoms with Crippen LogP contribution < -0.4 is 5.32 Å². The van der Waals surface area contributed by atoms with Crippen LogP contribution >= 0.6 is 27.5 Å². The molecule has 2 N–H and O–H groups in total. The number of nitrogens with zero attached hydrogens (tertiary/aromatic N) is 2. The number of fused-ring (bicyclic) bond motifs is 2. The smallest absolute Gasteiger partial charge is 0.0734 e. The Bertz CT molecular complexity index is 1160. The van der Waals surface area contributed by atoms with Crippen molar-refractivity contribution in [3.8, 4) is 11.3 Å². The molecule has 0 bridgehead atoms. The first-order valence-corrected chi connectivity index (χ1v) is 10.6. The Morgan fingerprint density at radius 3 is 2.75 bits per heavy atom. The first-order valence-electron chi connectivity index (χ1n) is 9.47. The van der Waals surface area contributed by atoms with Crippen LogP contribution in [0.1, 0.15) is 5.56 Å². The van der Waals surface area contributed by atoms with Crippen molar-refractivity contribution in [1.29, 1.82) is 0 Å². The molecule has 6 heteroatoms. The maximum Gasteiger partial charge on any atom is 0.0734 e. The van der Waals surface area contributed by atoms with Crippen LogP contribution in [-0.2, 0) is 6.54 Å². The fourth-order valence-electron chi connectivity index (χ4n) is 3.96. The second-order valence-corrected chi connectivity index (χ2v) is 8.60. The van der Waals surface area contributed by atoms with E-state index in [1.165, 1.54) is 10.9 Å². The minimum absolute atomic E-state index is 0.715. The van der Waals surface area contributed by atoms with Crippen molar-refractivity contribution in [3.63, 3.8) is 0 Å². The third kappa shape index (κ3) is 3.44. The predicted molar refractivity (Wildman–Crippen MR) is 120 cm³/mol. The number of pyridine rings is 1. The molecule has 1 saturated heterocycles. The van der Waals surface area contributed by atoms with E-state index in [4.69, 9.17) is 16.6 Å². The van der Waals surface area contributed by atoms with Crippen molar-refractivity contribution in [2.75, 3.05) is 26.2 Å². The zero-order valence-electron chi connectivity index (χ0n) is 15.3. The molecule has 3 heterocycles. The number of benzene rings is 2. The highest BCUT2D eigenvalue weighted by atomic mass is 79.9. The molecule has 142 valence electrons. The standard InChI is InChI=1S/C22H20BrClN4/c23-15-1-4-20-18(10-15)19(12-26-20)21-9-14(13-28-7-5-25-6-8-28)17-3-2-16(24)11-22(17)27-21/h1-4,9-12,25-26H,5-8,13H2. The van der Waals surface area contributed by atoms with Gasteiger partial charge in [0.25, 0.3) is 0 Å². The van der Waals surface area contributed by atoms with Crippen molar-refractivity contribution >= 4 is 49.3 Å². The number of rotatable bonds is 3. The maximum atomic E-state index is 6.28. The number of hydrogen-bond donors (Lipinski definition) is 2. The average molecular weight is 456 g/mol. The van der Waals surface area contributed by atoms with Crippen LogP contribution in [0.15, 0.2) is 53.1 Å². The van der Waals surface area contributed by atoms with Crippen LogP contribution in [-0.4, -0.2) is 41.0 Å². The maximum absolute atomic E-state index is 6.28. The van der Waals surface area contributed by atoms with Crippen LogP contribution in [0.2, 0.25) is 5.02 Å². The molecule has 4 aromatic rings. The van der Waals surface area contributed by atoms with Gasteiger partial charge in [-0.2, -0.15) is 0 Å². The fraction of sp³-hybridized carbons (Fsp3) is 0.227. The summed E-state index contributed by atoms with van der Waals surface area (Å²) >= 11 is 9.87. The number of halogens is 2. The van der Waals surface area contributed by atoms with Gasteiger partial charge >= 0.3 is 0 Å². The summed E-state index contributed by atoms with van der Waals surface area (Å²) in [4.78, 5) is 10.8. The monoisotopic (exact) mass is 454 g/mol. The van der Waals surface area contributed by atoms with Gasteiger partial charge in [0.15, 0.2) is 0 Å². The van der Waals surface area contributed by atoms with E-state index in [0.29, 0.717) is 5.02 Å². The average Bonchev–Trinajstić information content (AvgIpc) is 3.11. The second-order valence-electron chi connectivity index (χ2n) is 7.25. The Labute approximate surface area is 177 Å². The van der Waals surface area contributed by atoms with Gasteiger partial charge in [-0.15, -0.1) is 0 Å². The molecular weight excluding hydrogens is 436 g/mol. The topological polar surface area (TPSA) is 44.0 Å². The van der Waals surface area contributed by atoms with E-state index in [2.05, 4.69) is 55.4 Å². The highest BCUT2D eigenvalue weighted by Gasteiger charge is 2.16. The second kappa shape index (κ2) is 7.48. The van der Waals surface area contributed by atoms with Gasteiger partial charge in [0.1, 0.15) is 0 Å². The quantitative estimate of drug-likeness (QED) is 0.446. The van der Waals surface area contributed by atoms with E-state index in [1.54, 1.807) is 0 Å². The van der Waals surface area contributed by atoms with Crippen molar-refractivity contribution in [2.24, 2.45) is 0 Å². The molecule has 0 radical (unpaired) electrons. The third-order valence-electron chi connectivity index (χ3n) is 5.38. The summed E-state index contributed by atoms with van der Waals surface area (Å²) < 4.78 is 1.06. The van der Waals surface area contributed by atoms with Crippen molar-refractivity contribution in [1.82, 2.24) is 20.2 Å². The summed E-state index contributed by atoms with van der Waals surface area (Å²) in [5.74, 6) is 0. The van der Waals surface area contributed by atoms with Gasteiger partial charge in [0.05, 0.1) is 11.2 Å². The molecule has 1 aliphatic heterocycles. The highest BCUT2D eigenvalue weighted by molar-refractivity contribution is 9.10. The highest BCUT2D eigenvalue weighted by Crippen LogP contribution is 2.33. The lowest BCUT2D eigenvalue weighted by molar-refractivity contribution is 0.234. The van der Waals surface area contributed by atoms with Crippen molar-refractivity contribution in [2.45, 2.75) is 6.54 Å². The molecule has 4 nitrogen and oxygen atoms in total. The fourth-order valence-corrected chi connectivity index (χ4v) is 4.48. The summed E-state index contributed by atoms with van der Waals surface area (Å²) in [7, 11) is 0. The van der Waals surface area contributed by atoms with E-state index in [9.17, 15) is 0 Å². The molecule has 1 aliphatic rings. The van der Waals surface area contributed by atoms with E-state index in [-0.39, 0.29) is 0 Å². The molecular formula is C22H20BrClN4. The molecule has 1 fully saturated rings. The number of aromatic amines is 1. The summed E-state index contributed by atoms with van der Waals surface area (Å²) in [6.07, 6.45) is 2.05. The molecule has 0 spiro atoms. The van der Waals surface area contributed by atoms with Crippen LogP contribution in [0.5, 0.6) is 0 Å². The summed E-state index contributed by atoms with van der Waals surface area (Å²) in [5.41, 5.74) is 5.43. The molecule has 0 aliphatic carbocycles. The molecule has 5 rings (SSSR count). The molecule has 2 aromatic carbocycles. The van der Waals surface area contributed by atoms with Gasteiger partial charge < -0.3 is 10.3 Å². The first-order chi connectivity index (χ1) is 13.7. The van der Waals surface area contributed by atoms with Crippen LogP contribution in [0.4, 0.5) is 0 Å². The predicted octanol–water partition coefficient (Wildman–Crippen LogP) is 5.20. The van der Waals surface area contributed by atoms with Crippen LogP contribution in [0, 0.1) is 0 Å². The summed E-state index contributed by atoms with van der Waals surface area (Å²) in [5, 5.41) is 6.48. The van der Waals surface area contributed by atoms with Crippen LogP contribution in [0.25, 0.3) is 33.1 Å². The van der Waals surface area contributed by atoms with Gasteiger partial charge in [0, 0.05) is 70.3 Å². The molecule has 0 unspecified atom stereocenters. The number of piperazine rings is 1. The lowest BCUT2D eigenvalue weighted by atomic mass is 10.0. The van der Waals surface area contributed by atoms with Crippen molar-refractivity contribution in [3.05, 3.63) is 63.7 Å². The Hall–Kier alpha value is -1.92. The van der Waals surface area contributed by atoms with Gasteiger partial charge in [-0.1, -0.05) is 33.6 Å². The zero-order valence-corrected chi connectivity index (χ0v) is 17.6. The summed E-state index contributed by atoms with van der Waals surface area (Å²) in [6.45, 7) is 5.12. The van der Waals surface area contributed by atoms with E-state index in [0.717, 1.165) is 64.9 Å². The van der Waals surface area contributed by atoms with Crippen molar-refractivity contribution < 1.29 is 0 Å². The lowest BCUT2D eigenvalue weighted by Gasteiger charge is -2.27. The van der Waals surface area contributed by atoms with E-state index in [1.807, 2.05) is 24.4 Å². The largest absolute Gasteiger partial charge is 0.360 e. The van der Waals surface area contributed by atoms with E-state index >= 15 is 0 Å². The first kappa shape index (κ1) is 18.1. The minimum atomic E-state index is 0.715. The molecule has 28 heavy (non-hydrogen) atoms. The SMILES string of the molecule is Clc1ccc2c(CN3CCNCC3)cc(-c3c[nH]c4ccc(Br)cc34)nc2c1. The minimum Gasteiger partial charge on any atom is -0.360 e. The normalized spacial score (nSPS) is 15.5. The molecule has 2 aromatic heterocycles. The third-order valence-corrected chi connectivity index (χ3v) is 6.11. The number of H-pyrrole nitrogens is 1. The Kier molecular flexibility index (Phi) is 4.85. The zero-order chi connectivity index (χ0) is 19.1. The number of nitrogens with one attached hydrogen (secondary N) is 2. The number of aromatic nitrogens is 2. The van der Waals surface area contributed by atoms with Gasteiger partial charge in [0.2, 0.25) is 0 Å². The molecule has 0 amide bonds. The molecule has 0 atom stereocenters. The Morgan fingerprint density at radius 2 is 1.89 bits per heavy atom. The Balaban J connectivity index is 1.66.